The lowest BCUT2D eigenvalue weighted by Gasteiger charge is -2.23. The van der Waals surface area contributed by atoms with Gasteiger partial charge in [-0.15, -0.1) is 11.3 Å². The molecule has 0 saturated carbocycles. The average Bonchev–Trinajstić information content (AvgIpc) is 3.34. The molecule has 9 nitrogen and oxygen atoms in total. The van der Waals surface area contributed by atoms with Crippen LogP contribution in [-0.2, 0) is 21.2 Å². The number of nitrogens with two attached hydrogens (primary N) is 1. The second kappa shape index (κ2) is 9.58. The van der Waals surface area contributed by atoms with Crippen LogP contribution in [0.5, 0.6) is 0 Å². The van der Waals surface area contributed by atoms with E-state index in [9.17, 15) is 18.5 Å². The molecule has 1 aromatic carbocycles. The van der Waals surface area contributed by atoms with Gasteiger partial charge in [-0.1, -0.05) is 11.2 Å². The molecule has 0 radical (unpaired) electrons. The van der Waals surface area contributed by atoms with Gasteiger partial charge in [0.15, 0.2) is 0 Å². The zero-order chi connectivity index (χ0) is 25.4. The fourth-order valence-electron chi connectivity index (χ4n) is 4.04. The predicted octanol–water partition coefficient (Wildman–Crippen LogP) is 3.91. The summed E-state index contributed by atoms with van der Waals surface area (Å²) in [6, 6.07) is 4.07. The first-order valence-corrected chi connectivity index (χ1v) is 12.6. The Morgan fingerprint density at radius 2 is 1.91 bits per heavy atom. The van der Waals surface area contributed by atoms with Gasteiger partial charge in [-0.05, 0) is 62.4 Å². The Balaban J connectivity index is 2.38. The molecular formula is C23H26N4O5S2. The number of ether oxygens (including phenoxy) is 1. The number of carbonyl (C=O) groups excluding carboxylic acids is 1. The summed E-state index contributed by atoms with van der Waals surface area (Å²) in [5.41, 5.74) is 11.0. The molecule has 0 bridgehead atoms. The van der Waals surface area contributed by atoms with Crippen molar-refractivity contribution in [2.75, 3.05) is 18.1 Å². The zero-order valence-corrected chi connectivity index (χ0v) is 21.5. The number of methoxy groups -OCH3 is 1. The number of benzene rings is 1. The van der Waals surface area contributed by atoms with E-state index in [1.165, 1.54) is 7.11 Å². The highest BCUT2D eigenvalue weighted by Crippen LogP contribution is 2.42. The number of sulfonamides is 1. The summed E-state index contributed by atoms with van der Waals surface area (Å²) in [7, 11) is -3.03. The molecule has 2 N–H and O–H groups in total. The van der Waals surface area contributed by atoms with Crippen molar-refractivity contribution in [2.24, 2.45) is 5.73 Å². The van der Waals surface area contributed by atoms with Gasteiger partial charge in [0, 0.05) is 23.6 Å². The quantitative estimate of drug-likeness (QED) is 0.461. The van der Waals surface area contributed by atoms with Crippen molar-refractivity contribution >= 4 is 33.2 Å². The van der Waals surface area contributed by atoms with Crippen LogP contribution in [0.4, 0.5) is 5.88 Å². The molecule has 0 atom stereocenters. The van der Waals surface area contributed by atoms with Crippen LogP contribution in [0.25, 0.3) is 11.1 Å². The number of hydrogen-bond donors (Lipinski definition) is 1. The molecule has 0 saturated heterocycles. The number of nitrogens with zero attached hydrogens (tertiary/aromatic N) is 3. The smallest absolute Gasteiger partial charge is 0.270 e. The monoisotopic (exact) mass is 502 g/mol. The van der Waals surface area contributed by atoms with Crippen LogP contribution in [0, 0.1) is 45.9 Å². The Morgan fingerprint density at radius 1 is 1.24 bits per heavy atom. The molecule has 11 heteroatoms. The lowest BCUT2D eigenvalue weighted by atomic mass is 9.89. The fourth-order valence-corrected chi connectivity index (χ4v) is 7.00. The van der Waals surface area contributed by atoms with Gasteiger partial charge < -0.3 is 15.0 Å². The van der Waals surface area contributed by atoms with Gasteiger partial charge in [-0.3, -0.25) is 4.79 Å². The number of aryl methyl sites for hydroxylation is 3. The highest BCUT2D eigenvalue weighted by Gasteiger charge is 2.37. The minimum absolute atomic E-state index is 0.00515. The Hall–Kier alpha value is -3.20. The summed E-state index contributed by atoms with van der Waals surface area (Å²) in [5, 5.41) is 14.8. The first-order chi connectivity index (χ1) is 16.0. The molecule has 3 aromatic rings. The predicted molar refractivity (Wildman–Crippen MR) is 129 cm³/mol. The van der Waals surface area contributed by atoms with Gasteiger partial charge in [-0.2, -0.15) is 5.26 Å². The van der Waals surface area contributed by atoms with Gasteiger partial charge in [-0.25, -0.2) is 12.7 Å². The maximum Gasteiger partial charge on any atom is 0.270 e. The summed E-state index contributed by atoms with van der Waals surface area (Å²) in [6.07, 6.45) is 0.173. The van der Waals surface area contributed by atoms with Crippen molar-refractivity contribution in [3.63, 3.8) is 0 Å². The number of amides is 1. The third-order valence-electron chi connectivity index (χ3n) is 5.78. The molecule has 0 unspecified atom stereocenters. The SMILES string of the molecule is COCN(c1onc(C)c1C)S(=O)(=O)c1c(-c2c(C)cc(C)c(CC#N)c2C)csc1C(N)=O. The van der Waals surface area contributed by atoms with Crippen LogP contribution in [-0.4, -0.2) is 33.3 Å². The number of primary amides is 1. The summed E-state index contributed by atoms with van der Waals surface area (Å²) in [6.45, 7) is 8.63. The third kappa shape index (κ3) is 4.20. The number of thiophene rings is 1. The van der Waals surface area contributed by atoms with Gasteiger partial charge in [0.2, 0.25) is 5.88 Å². The summed E-state index contributed by atoms with van der Waals surface area (Å²) in [5.74, 6) is -0.869. The number of carbonyl (C=O) groups is 1. The first-order valence-electron chi connectivity index (χ1n) is 10.3. The molecular weight excluding hydrogens is 476 g/mol. The second-order valence-electron chi connectivity index (χ2n) is 7.97. The molecule has 1 amide bonds. The third-order valence-corrected chi connectivity index (χ3v) is 8.69. The van der Waals surface area contributed by atoms with E-state index in [0.29, 0.717) is 22.4 Å². The topological polar surface area (TPSA) is 140 Å². The zero-order valence-electron chi connectivity index (χ0n) is 19.8. The number of anilines is 1. The maximum absolute atomic E-state index is 14.1. The summed E-state index contributed by atoms with van der Waals surface area (Å²) < 4.78 is 39.6. The van der Waals surface area contributed by atoms with Crippen LogP contribution < -0.4 is 10.0 Å². The first kappa shape index (κ1) is 25.4. The number of hydrogen-bond acceptors (Lipinski definition) is 8. The summed E-state index contributed by atoms with van der Waals surface area (Å²) in [4.78, 5) is 12.0. The van der Waals surface area contributed by atoms with Crippen LogP contribution in [0.3, 0.4) is 0 Å². The Labute approximate surface area is 202 Å². The van der Waals surface area contributed by atoms with E-state index in [-0.39, 0.29) is 28.8 Å². The van der Waals surface area contributed by atoms with E-state index in [2.05, 4.69) is 11.2 Å². The van der Waals surface area contributed by atoms with Crippen molar-refractivity contribution in [3.8, 4) is 17.2 Å². The van der Waals surface area contributed by atoms with E-state index < -0.39 is 15.9 Å². The molecule has 0 aliphatic heterocycles. The van der Waals surface area contributed by atoms with Gasteiger partial charge in [0.25, 0.3) is 15.9 Å². The molecule has 3 rings (SSSR count). The minimum atomic E-state index is -4.39. The van der Waals surface area contributed by atoms with Crippen LogP contribution in [0.1, 0.15) is 43.2 Å². The minimum Gasteiger partial charge on any atom is -0.365 e. The Kier molecular flexibility index (Phi) is 7.16. The molecule has 0 aliphatic carbocycles. The molecule has 2 aromatic heterocycles. The molecule has 0 spiro atoms. The lowest BCUT2D eigenvalue weighted by Crippen LogP contribution is -2.34. The van der Waals surface area contributed by atoms with Crippen molar-refractivity contribution in [1.82, 2.24) is 5.16 Å². The van der Waals surface area contributed by atoms with Crippen LogP contribution in [0.15, 0.2) is 20.9 Å². The fraction of sp³-hybridized carbons (Fsp3) is 0.348. The molecule has 180 valence electrons. The van der Waals surface area contributed by atoms with Crippen molar-refractivity contribution in [3.05, 3.63) is 49.8 Å². The molecule has 0 fully saturated rings. The van der Waals surface area contributed by atoms with Crippen molar-refractivity contribution in [2.45, 2.75) is 45.9 Å². The summed E-state index contributed by atoms with van der Waals surface area (Å²) >= 11 is 0.954. The number of aromatic nitrogens is 1. The highest BCUT2D eigenvalue weighted by atomic mass is 32.2. The van der Waals surface area contributed by atoms with Crippen molar-refractivity contribution < 1.29 is 22.5 Å². The molecule has 2 heterocycles. The van der Waals surface area contributed by atoms with Crippen molar-refractivity contribution in [1.29, 1.82) is 5.26 Å². The molecule has 0 aliphatic rings. The Bertz CT molecular complexity index is 1410. The highest BCUT2D eigenvalue weighted by molar-refractivity contribution is 7.93. The van der Waals surface area contributed by atoms with Gasteiger partial charge in [0.05, 0.1) is 18.2 Å². The number of nitriles is 1. The largest absolute Gasteiger partial charge is 0.365 e. The Morgan fingerprint density at radius 3 is 2.44 bits per heavy atom. The van der Waals surface area contributed by atoms with E-state index in [0.717, 1.165) is 37.9 Å². The number of rotatable bonds is 8. The molecule has 34 heavy (non-hydrogen) atoms. The second-order valence-corrected chi connectivity index (χ2v) is 10.6. The van der Waals surface area contributed by atoms with E-state index in [1.807, 2.05) is 26.8 Å². The van der Waals surface area contributed by atoms with E-state index in [1.54, 1.807) is 19.2 Å². The van der Waals surface area contributed by atoms with Crippen LogP contribution >= 0.6 is 11.3 Å². The van der Waals surface area contributed by atoms with E-state index in [4.69, 9.17) is 15.0 Å². The van der Waals surface area contributed by atoms with E-state index >= 15 is 0 Å². The van der Waals surface area contributed by atoms with Crippen LogP contribution in [0.2, 0.25) is 0 Å². The standard InChI is InChI=1S/C23H26N4O5S2/c1-12-9-13(2)19(15(4)17(12)7-8-24)18-10-33-20(22(25)28)21(18)34(29,30)27(11-31-6)23-14(3)16(5)26-32-23/h9-10H,7,11H2,1-6H3,(H2,25,28). The maximum atomic E-state index is 14.1. The van der Waals surface area contributed by atoms with Gasteiger partial charge >= 0.3 is 0 Å². The van der Waals surface area contributed by atoms with Gasteiger partial charge in [0.1, 0.15) is 16.5 Å². The normalized spacial score (nSPS) is 11.4. The lowest BCUT2D eigenvalue weighted by molar-refractivity contribution is 0.100. The average molecular weight is 503 g/mol.